The maximum Gasteiger partial charge on any atom is 0.231 e. The molecule has 7 heteroatoms. The Bertz CT molecular complexity index is 779. The summed E-state index contributed by atoms with van der Waals surface area (Å²) in [6, 6.07) is 6.10. The van der Waals surface area contributed by atoms with Crippen molar-refractivity contribution < 1.29 is 9.47 Å². The average molecular weight is 302 g/mol. The van der Waals surface area contributed by atoms with Crippen molar-refractivity contribution >= 4 is 21.4 Å². The zero-order valence-electron chi connectivity index (χ0n) is 11.7. The molecule has 0 aliphatic carbocycles. The molecule has 21 heavy (non-hydrogen) atoms. The van der Waals surface area contributed by atoms with Gasteiger partial charge in [0.2, 0.25) is 16.9 Å². The van der Waals surface area contributed by atoms with Gasteiger partial charge in [-0.1, -0.05) is 17.4 Å². The van der Waals surface area contributed by atoms with Gasteiger partial charge in [0.25, 0.3) is 0 Å². The van der Waals surface area contributed by atoms with E-state index in [0.717, 1.165) is 32.8 Å². The van der Waals surface area contributed by atoms with Crippen LogP contribution in [0.4, 0.5) is 5.13 Å². The molecule has 1 aromatic carbocycles. The number of anilines is 1. The van der Waals surface area contributed by atoms with Gasteiger partial charge in [-0.2, -0.15) is 0 Å². The van der Waals surface area contributed by atoms with Gasteiger partial charge in [-0.25, -0.2) is 9.50 Å². The molecular weight excluding hydrogens is 288 g/mol. The first-order valence-electron chi connectivity index (χ1n) is 6.68. The Balaban J connectivity index is 1.56. The summed E-state index contributed by atoms with van der Waals surface area (Å²) in [5, 5.41) is 8.72. The Morgan fingerprint density at radius 3 is 3.05 bits per heavy atom. The predicted molar refractivity (Wildman–Crippen MR) is 80.2 cm³/mol. The highest BCUT2D eigenvalue weighted by Gasteiger charge is 2.16. The van der Waals surface area contributed by atoms with E-state index in [1.807, 2.05) is 31.3 Å². The second kappa shape index (κ2) is 4.63. The number of benzene rings is 1. The van der Waals surface area contributed by atoms with Gasteiger partial charge in [0.15, 0.2) is 11.5 Å². The molecule has 1 aliphatic heterocycles. The van der Waals surface area contributed by atoms with Crippen LogP contribution in [0.5, 0.6) is 11.5 Å². The fourth-order valence-corrected chi connectivity index (χ4v) is 3.23. The predicted octanol–water partition coefficient (Wildman–Crippen LogP) is 3.00. The van der Waals surface area contributed by atoms with Crippen molar-refractivity contribution in [2.24, 2.45) is 0 Å². The standard InChI is InChI=1S/C14H14N4O2S/c1-8-6-18-14(15-8)21-13(17-18)16-9(2)10-3-4-11-12(5-10)20-7-19-11/h3-6,9H,7H2,1-2H3,(H,16,17). The van der Waals surface area contributed by atoms with Crippen molar-refractivity contribution in [1.82, 2.24) is 14.6 Å². The lowest BCUT2D eigenvalue weighted by molar-refractivity contribution is 0.174. The van der Waals surface area contributed by atoms with Gasteiger partial charge in [-0.05, 0) is 31.5 Å². The monoisotopic (exact) mass is 302 g/mol. The molecule has 1 N–H and O–H groups in total. The number of hydrogen-bond donors (Lipinski definition) is 1. The number of nitrogens with one attached hydrogen (secondary N) is 1. The molecule has 1 unspecified atom stereocenters. The SMILES string of the molecule is Cc1cn2nc(NC(C)c3ccc4c(c3)OCO4)sc2n1. The quantitative estimate of drug-likeness (QED) is 0.806. The number of aromatic nitrogens is 3. The smallest absolute Gasteiger partial charge is 0.231 e. The normalized spacial score (nSPS) is 14.6. The molecule has 0 spiro atoms. The Morgan fingerprint density at radius 2 is 2.19 bits per heavy atom. The number of rotatable bonds is 3. The van der Waals surface area contributed by atoms with E-state index in [1.165, 1.54) is 0 Å². The van der Waals surface area contributed by atoms with E-state index in [2.05, 4.69) is 22.3 Å². The molecule has 6 nitrogen and oxygen atoms in total. The minimum absolute atomic E-state index is 0.122. The van der Waals surface area contributed by atoms with Crippen molar-refractivity contribution in [3.63, 3.8) is 0 Å². The second-order valence-electron chi connectivity index (χ2n) is 5.00. The molecule has 0 bridgehead atoms. The van der Waals surface area contributed by atoms with Crippen LogP contribution in [0.1, 0.15) is 24.2 Å². The molecule has 0 radical (unpaired) electrons. The average Bonchev–Trinajstić information content (AvgIpc) is 3.11. The topological polar surface area (TPSA) is 60.7 Å². The molecule has 3 heterocycles. The van der Waals surface area contributed by atoms with E-state index in [0.29, 0.717) is 6.79 Å². The van der Waals surface area contributed by atoms with Gasteiger partial charge >= 0.3 is 0 Å². The molecule has 2 aromatic heterocycles. The Kier molecular flexibility index (Phi) is 2.75. The fourth-order valence-electron chi connectivity index (χ4n) is 2.32. The van der Waals surface area contributed by atoms with Gasteiger partial charge in [-0.15, -0.1) is 5.10 Å². The first-order chi connectivity index (χ1) is 10.2. The summed E-state index contributed by atoms with van der Waals surface area (Å²) in [7, 11) is 0. The van der Waals surface area contributed by atoms with E-state index >= 15 is 0 Å². The summed E-state index contributed by atoms with van der Waals surface area (Å²) >= 11 is 1.54. The summed E-state index contributed by atoms with van der Waals surface area (Å²) in [5.74, 6) is 1.60. The van der Waals surface area contributed by atoms with Crippen molar-refractivity contribution in [3.05, 3.63) is 35.7 Å². The Labute approximate surface area is 125 Å². The van der Waals surface area contributed by atoms with Gasteiger partial charge in [-0.3, -0.25) is 0 Å². The third-order valence-corrected chi connectivity index (χ3v) is 4.25. The highest BCUT2D eigenvalue weighted by molar-refractivity contribution is 7.20. The third kappa shape index (κ3) is 2.19. The first-order valence-corrected chi connectivity index (χ1v) is 7.49. The number of ether oxygens (including phenoxy) is 2. The van der Waals surface area contributed by atoms with Crippen LogP contribution < -0.4 is 14.8 Å². The largest absolute Gasteiger partial charge is 0.454 e. The molecule has 0 saturated carbocycles. The van der Waals surface area contributed by atoms with E-state index in [4.69, 9.17) is 9.47 Å². The van der Waals surface area contributed by atoms with Gasteiger partial charge < -0.3 is 14.8 Å². The molecule has 0 amide bonds. The zero-order chi connectivity index (χ0) is 14.4. The van der Waals surface area contributed by atoms with E-state index in [9.17, 15) is 0 Å². The zero-order valence-corrected chi connectivity index (χ0v) is 12.5. The van der Waals surface area contributed by atoms with Crippen molar-refractivity contribution in [2.75, 3.05) is 12.1 Å². The Hall–Kier alpha value is -2.28. The van der Waals surface area contributed by atoms with Crippen molar-refractivity contribution in [2.45, 2.75) is 19.9 Å². The van der Waals surface area contributed by atoms with Gasteiger partial charge in [0.05, 0.1) is 17.9 Å². The second-order valence-corrected chi connectivity index (χ2v) is 5.95. The lowest BCUT2D eigenvalue weighted by Crippen LogP contribution is -2.06. The van der Waals surface area contributed by atoms with Gasteiger partial charge in [0.1, 0.15) is 0 Å². The molecule has 1 aliphatic rings. The molecule has 1 atom stereocenters. The molecule has 3 aromatic rings. The van der Waals surface area contributed by atoms with Crippen LogP contribution in [0, 0.1) is 6.92 Å². The number of aryl methyl sites for hydroxylation is 1. The van der Waals surface area contributed by atoms with Crippen LogP contribution >= 0.6 is 11.3 Å². The lowest BCUT2D eigenvalue weighted by atomic mass is 10.1. The minimum Gasteiger partial charge on any atom is -0.454 e. The van der Waals surface area contributed by atoms with Crippen LogP contribution in [-0.4, -0.2) is 21.4 Å². The number of fused-ring (bicyclic) bond motifs is 2. The van der Waals surface area contributed by atoms with Crippen molar-refractivity contribution in [3.8, 4) is 11.5 Å². The number of hydrogen-bond acceptors (Lipinski definition) is 6. The third-order valence-electron chi connectivity index (χ3n) is 3.40. The summed E-state index contributed by atoms with van der Waals surface area (Å²) < 4.78 is 12.5. The van der Waals surface area contributed by atoms with Gasteiger partial charge in [0, 0.05) is 0 Å². The van der Waals surface area contributed by atoms with Crippen LogP contribution in [0.15, 0.2) is 24.4 Å². The van der Waals surface area contributed by atoms with Crippen LogP contribution in [0.3, 0.4) is 0 Å². The Morgan fingerprint density at radius 1 is 1.33 bits per heavy atom. The fraction of sp³-hybridized carbons (Fsp3) is 0.286. The molecule has 0 fully saturated rings. The minimum atomic E-state index is 0.122. The highest BCUT2D eigenvalue weighted by Crippen LogP contribution is 2.35. The van der Waals surface area contributed by atoms with Crippen molar-refractivity contribution in [1.29, 1.82) is 0 Å². The molecule has 108 valence electrons. The summed E-state index contributed by atoms with van der Waals surface area (Å²) in [6.07, 6.45) is 1.92. The van der Waals surface area contributed by atoms with E-state index in [-0.39, 0.29) is 6.04 Å². The maximum atomic E-state index is 5.41. The molecule has 0 saturated heterocycles. The highest BCUT2D eigenvalue weighted by atomic mass is 32.1. The van der Waals surface area contributed by atoms with Crippen LogP contribution in [-0.2, 0) is 0 Å². The summed E-state index contributed by atoms with van der Waals surface area (Å²) in [5.41, 5.74) is 2.10. The number of imidazole rings is 1. The lowest BCUT2D eigenvalue weighted by Gasteiger charge is -2.13. The van der Waals surface area contributed by atoms with Crippen LogP contribution in [0.25, 0.3) is 4.96 Å². The summed E-state index contributed by atoms with van der Waals surface area (Å²) in [6.45, 7) is 4.35. The molecule has 4 rings (SSSR count). The summed E-state index contributed by atoms with van der Waals surface area (Å²) in [4.78, 5) is 5.30. The number of nitrogens with zero attached hydrogens (tertiary/aromatic N) is 3. The first kappa shape index (κ1) is 12.5. The van der Waals surface area contributed by atoms with Crippen LogP contribution in [0.2, 0.25) is 0 Å². The van der Waals surface area contributed by atoms with E-state index in [1.54, 1.807) is 15.9 Å². The molecular formula is C14H14N4O2S. The van der Waals surface area contributed by atoms with E-state index < -0.39 is 0 Å². The maximum absolute atomic E-state index is 5.41.